The van der Waals surface area contributed by atoms with Crippen LogP contribution in [0.2, 0.25) is 5.02 Å². The van der Waals surface area contributed by atoms with Gasteiger partial charge in [0, 0.05) is 17.5 Å². The Kier molecular flexibility index (Phi) is 3.28. The third-order valence-corrected chi connectivity index (χ3v) is 3.44. The van der Waals surface area contributed by atoms with Gasteiger partial charge in [-0.05, 0) is 24.7 Å². The quantitative estimate of drug-likeness (QED) is 0.760. The van der Waals surface area contributed by atoms with E-state index in [0.717, 1.165) is 28.8 Å². The van der Waals surface area contributed by atoms with E-state index in [1.165, 1.54) is 5.56 Å². The standard InChI is InChI=1S/C16H14ClNO/c1-18-10-12-5-2-3-7-13(12)15-9-11-6-4-8-14(17)16(11)19-15/h2-9,18H,10H2,1H3. The van der Waals surface area contributed by atoms with Crippen molar-refractivity contribution < 1.29 is 4.42 Å². The second-order valence-electron chi connectivity index (χ2n) is 4.46. The van der Waals surface area contributed by atoms with Gasteiger partial charge < -0.3 is 9.73 Å². The second kappa shape index (κ2) is 5.08. The Hall–Kier alpha value is -1.77. The minimum Gasteiger partial charge on any atom is -0.455 e. The normalized spacial score (nSPS) is 11.1. The van der Waals surface area contributed by atoms with Crippen molar-refractivity contribution in [1.29, 1.82) is 0 Å². The molecule has 0 bridgehead atoms. The number of rotatable bonds is 3. The smallest absolute Gasteiger partial charge is 0.153 e. The lowest BCUT2D eigenvalue weighted by atomic mass is 10.1. The van der Waals surface area contributed by atoms with Crippen LogP contribution in [-0.2, 0) is 6.54 Å². The maximum absolute atomic E-state index is 6.15. The van der Waals surface area contributed by atoms with Gasteiger partial charge in [0.2, 0.25) is 0 Å². The van der Waals surface area contributed by atoms with Crippen LogP contribution in [0.25, 0.3) is 22.3 Å². The Morgan fingerprint density at radius 3 is 2.74 bits per heavy atom. The number of benzene rings is 2. The lowest BCUT2D eigenvalue weighted by molar-refractivity contribution is 0.630. The molecule has 0 aliphatic rings. The minimum absolute atomic E-state index is 0.648. The second-order valence-corrected chi connectivity index (χ2v) is 4.86. The van der Waals surface area contributed by atoms with Crippen LogP contribution in [0.15, 0.2) is 52.9 Å². The topological polar surface area (TPSA) is 25.2 Å². The fourth-order valence-corrected chi connectivity index (χ4v) is 2.49. The van der Waals surface area contributed by atoms with Gasteiger partial charge in [-0.25, -0.2) is 0 Å². The van der Waals surface area contributed by atoms with E-state index in [1.807, 2.05) is 43.4 Å². The van der Waals surface area contributed by atoms with E-state index in [-0.39, 0.29) is 0 Å². The Balaban J connectivity index is 2.17. The van der Waals surface area contributed by atoms with Crippen LogP contribution in [0.1, 0.15) is 5.56 Å². The molecule has 0 unspecified atom stereocenters. The van der Waals surface area contributed by atoms with Crippen molar-refractivity contribution in [1.82, 2.24) is 5.32 Å². The summed E-state index contributed by atoms with van der Waals surface area (Å²) >= 11 is 6.15. The summed E-state index contributed by atoms with van der Waals surface area (Å²) in [5.41, 5.74) is 3.06. The number of para-hydroxylation sites is 1. The molecule has 19 heavy (non-hydrogen) atoms. The first-order valence-corrected chi connectivity index (χ1v) is 6.58. The lowest BCUT2D eigenvalue weighted by Crippen LogP contribution is -2.05. The number of halogens is 1. The van der Waals surface area contributed by atoms with Crippen molar-refractivity contribution in [2.75, 3.05) is 7.05 Å². The largest absolute Gasteiger partial charge is 0.455 e. The highest BCUT2D eigenvalue weighted by atomic mass is 35.5. The average molecular weight is 272 g/mol. The molecule has 96 valence electrons. The van der Waals surface area contributed by atoms with Crippen molar-refractivity contribution in [2.45, 2.75) is 6.54 Å². The first kappa shape index (κ1) is 12.3. The molecular formula is C16H14ClNO. The van der Waals surface area contributed by atoms with Crippen LogP contribution in [0, 0.1) is 0 Å². The van der Waals surface area contributed by atoms with Gasteiger partial charge in [0.1, 0.15) is 5.76 Å². The summed E-state index contributed by atoms with van der Waals surface area (Å²) in [6.07, 6.45) is 0. The summed E-state index contributed by atoms with van der Waals surface area (Å²) in [5.74, 6) is 0.856. The SMILES string of the molecule is CNCc1ccccc1-c1cc2cccc(Cl)c2o1. The van der Waals surface area contributed by atoms with Crippen molar-refractivity contribution in [3.63, 3.8) is 0 Å². The minimum atomic E-state index is 0.648. The molecule has 0 aliphatic heterocycles. The van der Waals surface area contributed by atoms with Gasteiger partial charge in [0.25, 0.3) is 0 Å². The van der Waals surface area contributed by atoms with E-state index in [2.05, 4.69) is 17.4 Å². The van der Waals surface area contributed by atoms with Gasteiger partial charge in [-0.1, -0.05) is 48.0 Å². The van der Waals surface area contributed by atoms with E-state index in [9.17, 15) is 0 Å². The van der Waals surface area contributed by atoms with Gasteiger partial charge >= 0.3 is 0 Å². The highest BCUT2D eigenvalue weighted by Gasteiger charge is 2.11. The molecule has 2 aromatic carbocycles. The maximum Gasteiger partial charge on any atom is 0.153 e. The molecule has 0 aliphatic carbocycles. The van der Waals surface area contributed by atoms with Gasteiger partial charge in [-0.3, -0.25) is 0 Å². The molecule has 3 heteroatoms. The molecule has 0 atom stereocenters. The van der Waals surface area contributed by atoms with Crippen molar-refractivity contribution in [3.05, 3.63) is 59.1 Å². The van der Waals surface area contributed by atoms with E-state index in [1.54, 1.807) is 0 Å². The zero-order valence-electron chi connectivity index (χ0n) is 10.6. The van der Waals surface area contributed by atoms with Gasteiger partial charge in [0.05, 0.1) is 5.02 Å². The molecule has 3 aromatic rings. The molecule has 0 saturated carbocycles. The monoisotopic (exact) mass is 271 g/mol. The molecule has 0 spiro atoms. The van der Waals surface area contributed by atoms with E-state index >= 15 is 0 Å². The Labute approximate surface area is 117 Å². The van der Waals surface area contributed by atoms with Crippen LogP contribution in [0.4, 0.5) is 0 Å². The van der Waals surface area contributed by atoms with Crippen LogP contribution in [-0.4, -0.2) is 7.05 Å². The van der Waals surface area contributed by atoms with Crippen molar-refractivity contribution >= 4 is 22.6 Å². The van der Waals surface area contributed by atoms with E-state index in [0.29, 0.717) is 5.02 Å². The number of furan rings is 1. The molecule has 0 fully saturated rings. The zero-order valence-corrected chi connectivity index (χ0v) is 11.4. The molecule has 2 nitrogen and oxygen atoms in total. The van der Waals surface area contributed by atoms with Crippen LogP contribution in [0.5, 0.6) is 0 Å². The van der Waals surface area contributed by atoms with Gasteiger partial charge in [-0.2, -0.15) is 0 Å². The zero-order chi connectivity index (χ0) is 13.2. The number of hydrogen-bond acceptors (Lipinski definition) is 2. The average Bonchev–Trinajstić information content (AvgIpc) is 2.85. The summed E-state index contributed by atoms with van der Waals surface area (Å²) in [4.78, 5) is 0. The lowest BCUT2D eigenvalue weighted by Gasteiger charge is -2.05. The molecule has 3 rings (SSSR count). The number of nitrogens with one attached hydrogen (secondary N) is 1. The molecule has 1 aromatic heterocycles. The summed E-state index contributed by atoms with van der Waals surface area (Å²) < 4.78 is 5.91. The Morgan fingerprint density at radius 1 is 1.11 bits per heavy atom. The molecular weight excluding hydrogens is 258 g/mol. The predicted octanol–water partition coefficient (Wildman–Crippen LogP) is 4.47. The Bertz CT molecular complexity index is 718. The van der Waals surface area contributed by atoms with Crippen LogP contribution >= 0.6 is 11.6 Å². The van der Waals surface area contributed by atoms with Crippen molar-refractivity contribution in [3.8, 4) is 11.3 Å². The predicted molar refractivity (Wildman–Crippen MR) is 79.4 cm³/mol. The first-order valence-electron chi connectivity index (χ1n) is 6.20. The fraction of sp³-hybridized carbons (Fsp3) is 0.125. The summed E-state index contributed by atoms with van der Waals surface area (Å²) in [6.45, 7) is 0.806. The summed E-state index contributed by atoms with van der Waals surface area (Å²) in [5, 5.41) is 4.85. The van der Waals surface area contributed by atoms with Crippen molar-refractivity contribution in [2.24, 2.45) is 0 Å². The molecule has 0 radical (unpaired) electrons. The van der Waals surface area contributed by atoms with Crippen LogP contribution in [0.3, 0.4) is 0 Å². The Morgan fingerprint density at radius 2 is 1.95 bits per heavy atom. The summed E-state index contributed by atoms with van der Waals surface area (Å²) in [7, 11) is 1.94. The highest BCUT2D eigenvalue weighted by molar-refractivity contribution is 6.34. The third kappa shape index (κ3) is 2.25. The molecule has 0 saturated heterocycles. The van der Waals surface area contributed by atoms with E-state index in [4.69, 9.17) is 16.0 Å². The van der Waals surface area contributed by atoms with Crippen LogP contribution < -0.4 is 5.32 Å². The first-order chi connectivity index (χ1) is 9.29. The highest BCUT2D eigenvalue weighted by Crippen LogP contribution is 2.33. The third-order valence-electron chi connectivity index (χ3n) is 3.15. The number of hydrogen-bond donors (Lipinski definition) is 1. The summed E-state index contributed by atoms with van der Waals surface area (Å²) in [6, 6.07) is 16.0. The molecule has 1 N–H and O–H groups in total. The molecule has 0 amide bonds. The van der Waals surface area contributed by atoms with Gasteiger partial charge in [0.15, 0.2) is 5.58 Å². The van der Waals surface area contributed by atoms with Gasteiger partial charge in [-0.15, -0.1) is 0 Å². The maximum atomic E-state index is 6.15. The molecule has 1 heterocycles. The number of fused-ring (bicyclic) bond motifs is 1. The fourth-order valence-electron chi connectivity index (χ4n) is 2.27. The van der Waals surface area contributed by atoms with E-state index < -0.39 is 0 Å².